The van der Waals surface area contributed by atoms with Gasteiger partial charge in [-0.05, 0) is 53.4 Å². The minimum absolute atomic E-state index is 0.196. The van der Waals surface area contributed by atoms with Crippen molar-refractivity contribution in [2.45, 2.75) is 37.5 Å². The van der Waals surface area contributed by atoms with Crippen LogP contribution in [0.25, 0.3) is 0 Å². The van der Waals surface area contributed by atoms with Gasteiger partial charge in [-0.25, -0.2) is 13.1 Å². The number of hydrogen-bond donors (Lipinski definition) is 2. The van der Waals surface area contributed by atoms with E-state index in [-0.39, 0.29) is 11.5 Å². The van der Waals surface area contributed by atoms with Crippen molar-refractivity contribution < 1.29 is 13.5 Å². The summed E-state index contributed by atoms with van der Waals surface area (Å²) in [5.74, 6) is 0. The monoisotopic (exact) mass is 349 g/mol. The highest BCUT2D eigenvalue weighted by molar-refractivity contribution is 9.10. The first kappa shape index (κ1) is 16.6. The molecule has 0 bridgehead atoms. The van der Waals surface area contributed by atoms with Gasteiger partial charge < -0.3 is 5.11 Å². The van der Waals surface area contributed by atoms with Gasteiger partial charge in [0.2, 0.25) is 10.0 Å². The van der Waals surface area contributed by atoms with Crippen LogP contribution in [0.2, 0.25) is 0 Å². The van der Waals surface area contributed by atoms with E-state index in [0.717, 1.165) is 31.2 Å². The Morgan fingerprint density at radius 2 is 1.89 bits per heavy atom. The van der Waals surface area contributed by atoms with Crippen LogP contribution >= 0.6 is 15.9 Å². The summed E-state index contributed by atoms with van der Waals surface area (Å²) in [7, 11) is -3.45. The Labute approximate surface area is 123 Å². The third-order valence-corrected chi connectivity index (χ3v) is 5.19. The highest BCUT2D eigenvalue weighted by Gasteiger charge is 2.16. The molecule has 0 heterocycles. The van der Waals surface area contributed by atoms with Gasteiger partial charge in [-0.1, -0.05) is 18.9 Å². The number of aliphatic hydroxyl groups excluding tert-OH is 1. The molecule has 0 saturated heterocycles. The molecule has 0 atom stereocenters. The Morgan fingerprint density at radius 1 is 1.21 bits per heavy atom. The van der Waals surface area contributed by atoms with Crippen LogP contribution in [-0.4, -0.2) is 26.7 Å². The van der Waals surface area contributed by atoms with E-state index in [2.05, 4.69) is 20.7 Å². The molecule has 6 heteroatoms. The van der Waals surface area contributed by atoms with Gasteiger partial charge in [-0.2, -0.15) is 0 Å². The second-order valence-corrected chi connectivity index (χ2v) is 7.06. The summed E-state index contributed by atoms with van der Waals surface area (Å²) >= 11 is 3.28. The zero-order chi connectivity index (χ0) is 14.3. The number of sulfonamides is 1. The summed E-state index contributed by atoms with van der Waals surface area (Å²) in [4.78, 5) is 0.272. The molecular formula is C13H20BrNO3S. The lowest BCUT2D eigenvalue weighted by Gasteiger charge is -2.09. The molecule has 0 saturated carbocycles. The predicted molar refractivity (Wildman–Crippen MR) is 79.6 cm³/mol. The van der Waals surface area contributed by atoms with E-state index in [1.807, 2.05) is 6.92 Å². The molecule has 108 valence electrons. The number of halogens is 1. The number of hydrogen-bond acceptors (Lipinski definition) is 3. The van der Waals surface area contributed by atoms with E-state index in [1.165, 1.54) is 0 Å². The van der Waals surface area contributed by atoms with Crippen molar-refractivity contribution in [3.05, 3.63) is 28.2 Å². The normalized spacial score (nSPS) is 11.7. The Bertz CT molecular complexity index is 503. The van der Waals surface area contributed by atoms with Crippen LogP contribution in [0.5, 0.6) is 0 Å². The molecule has 0 aliphatic heterocycles. The van der Waals surface area contributed by atoms with Crippen molar-refractivity contribution >= 4 is 26.0 Å². The molecule has 0 fully saturated rings. The SMILES string of the molecule is Cc1ccc(S(=O)(=O)NCCCCCCO)c(Br)c1. The molecule has 0 amide bonds. The molecule has 0 aromatic heterocycles. The van der Waals surface area contributed by atoms with E-state index < -0.39 is 10.0 Å². The van der Waals surface area contributed by atoms with Crippen molar-refractivity contribution in [2.75, 3.05) is 13.2 Å². The van der Waals surface area contributed by atoms with Gasteiger partial charge in [0.25, 0.3) is 0 Å². The average Bonchev–Trinajstić information content (AvgIpc) is 2.33. The molecule has 2 N–H and O–H groups in total. The predicted octanol–water partition coefficient (Wildman–Crippen LogP) is 2.59. The molecule has 0 radical (unpaired) electrons. The number of rotatable bonds is 8. The Morgan fingerprint density at radius 3 is 2.53 bits per heavy atom. The van der Waals surface area contributed by atoms with Crippen LogP contribution in [0.1, 0.15) is 31.2 Å². The van der Waals surface area contributed by atoms with Gasteiger partial charge in [-0.15, -0.1) is 0 Å². The van der Waals surface area contributed by atoms with Crippen molar-refractivity contribution in [1.29, 1.82) is 0 Å². The maximum Gasteiger partial charge on any atom is 0.241 e. The summed E-state index contributed by atoms with van der Waals surface area (Å²) in [5, 5.41) is 8.64. The lowest BCUT2D eigenvalue weighted by atomic mass is 10.2. The molecule has 0 aliphatic carbocycles. The quantitative estimate of drug-likeness (QED) is 0.709. The van der Waals surface area contributed by atoms with Crippen LogP contribution in [0, 0.1) is 6.92 Å². The molecule has 0 spiro atoms. The molecule has 19 heavy (non-hydrogen) atoms. The average molecular weight is 350 g/mol. The fourth-order valence-corrected chi connectivity index (χ4v) is 3.96. The standard InChI is InChI=1S/C13H20BrNO3S/c1-11-6-7-13(12(14)10-11)19(17,18)15-8-4-2-3-5-9-16/h6-7,10,15-16H,2-5,8-9H2,1H3. The fourth-order valence-electron chi connectivity index (χ4n) is 1.70. The first-order valence-corrected chi connectivity index (χ1v) is 8.61. The molecular weight excluding hydrogens is 330 g/mol. The smallest absolute Gasteiger partial charge is 0.241 e. The summed E-state index contributed by atoms with van der Waals surface area (Å²) in [6.45, 7) is 2.53. The van der Waals surface area contributed by atoms with Crippen LogP contribution in [0.3, 0.4) is 0 Å². The molecule has 1 rings (SSSR count). The summed E-state index contributed by atoms with van der Waals surface area (Å²) in [6.07, 6.45) is 3.39. The molecule has 0 aliphatic rings. The van der Waals surface area contributed by atoms with E-state index in [1.54, 1.807) is 18.2 Å². The lowest BCUT2D eigenvalue weighted by Crippen LogP contribution is -2.25. The van der Waals surface area contributed by atoms with Crippen LogP contribution in [-0.2, 0) is 10.0 Å². The van der Waals surface area contributed by atoms with Crippen molar-refractivity contribution in [3.63, 3.8) is 0 Å². The van der Waals surface area contributed by atoms with Crippen molar-refractivity contribution in [1.82, 2.24) is 4.72 Å². The molecule has 1 aromatic carbocycles. The minimum Gasteiger partial charge on any atom is -0.396 e. The summed E-state index contributed by atoms with van der Waals surface area (Å²) < 4.78 is 27.3. The van der Waals surface area contributed by atoms with E-state index in [0.29, 0.717) is 11.0 Å². The van der Waals surface area contributed by atoms with Crippen LogP contribution in [0.4, 0.5) is 0 Å². The second-order valence-electron chi connectivity index (χ2n) is 4.47. The second kappa shape index (κ2) is 7.99. The van der Waals surface area contributed by atoms with Gasteiger partial charge in [0.05, 0.1) is 4.90 Å². The number of nitrogens with one attached hydrogen (secondary N) is 1. The fraction of sp³-hybridized carbons (Fsp3) is 0.538. The highest BCUT2D eigenvalue weighted by atomic mass is 79.9. The van der Waals surface area contributed by atoms with Gasteiger partial charge in [0.1, 0.15) is 0 Å². The van der Waals surface area contributed by atoms with Crippen molar-refractivity contribution in [3.8, 4) is 0 Å². The maximum atomic E-state index is 12.1. The third kappa shape index (κ3) is 5.60. The molecule has 0 unspecified atom stereocenters. The number of unbranched alkanes of at least 4 members (excludes halogenated alkanes) is 3. The zero-order valence-electron chi connectivity index (χ0n) is 11.0. The number of aryl methyl sites for hydroxylation is 1. The Hall–Kier alpha value is -0.430. The summed E-state index contributed by atoms with van der Waals surface area (Å²) in [5.41, 5.74) is 1.01. The Kier molecular flexibility index (Phi) is 6.99. The zero-order valence-corrected chi connectivity index (χ0v) is 13.4. The van der Waals surface area contributed by atoms with Crippen LogP contribution < -0.4 is 4.72 Å². The lowest BCUT2D eigenvalue weighted by molar-refractivity contribution is 0.282. The van der Waals surface area contributed by atoms with Crippen molar-refractivity contribution in [2.24, 2.45) is 0 Å². The number of benzene rings is 1. The minimum atomic E-state index is -3.45. The first-order valence-electron chi connectivity index (χ1n) is 6.34. The first-order chi connectivity index (χ1) is 8.97. The largest absolute Gasteiger partial charge is 0.396 e. The van der Waals surface area contributed by atoms with E-state index >= 15 is 0 Å². The van der Waals surface area contributed by atoms with E-state index in [4.69, 9.17) is 5.11 Å². The van der Waals surface area contributed by atoms with Gasteiger partial charge in [-0.3, -0.25) is 0 Å². The van der Waals surface area contributed by atoms with E-state index in [9.17, 15) is 8.42 Å². The topological polar surface area (TPSA) is 66.4 Å². The maximum absolute atomic E-state index is 12.1. The van der Waals surface area contributed by atoms with Gasteiger partial charge in [0.15, 0.2) is 0 Å². The third-order valence-electron chi connectivity index (χ3n) is 2.75. The van der Waals surface area contributed by atoms with Gasteiger partial charge >= 0.3 is 0 Å². The molecule has 4 nitrogen and oxygen atoms in total. The Balaban J connectivity index is 2.52. The van der Waals surface area contributed by atoms with Gasteiger partial charge in [0, 0.05) is 17.6 Å². The summed E-state index contributed by atoms with van der Waals surface area (Å²) in [6, 6.07) is 5.17. The highest BCUT2D eigenvalue weighted by Crippen LogP contribution is 2.22. The van der Waals surface area contributed by atoms with Crippen LogP contribution in [0.15, 0.2) is 27.6 Å². The number of aliphatic hydroxyl groups is 1. The molecule has 1 aromatic rings.